The van der Waals surface area contributed by atoms with Gasteiger partial charge < -0.3 is 0 Å². The summed E-state index contributed by atoms with van der Waals surface area (Å²) in [6.07, 6.45) is 12.4. The highest BCUT2D eigenvalue weighted by Crippen LogP contribution is 2.37. The molecule has 1 aliphatic carbocycles. The van der Waals surface area contributed by atoms with E-state index >= 15 is 0 Å². The number of rotatable bonds is 8. The van der Waals surface area contributed by atoms with E-state index in [0.29, 0.717) is 17.0 Å². The lowest BCUT2D eigenvalue weighted by molar-refractivity contribution is 0.245. The van der Waals surface area contributed by atoms with Gasteiger partial charge in [0.05, 0.1) is 11.6 Å². The smallest absolute Gasteiger partial charge is 0.130 e. The third-order valence-corrected chi connectivity index (χ3v) is 7.42. The van der Waals surface area contributed by atoms with Gasteiger partial charge in [0, 0.05) is 5.56 Å². The van der Waals surface area contributed by atoms with Crippen LogP contribution in [0.1, 0.15) is 79.2 Å². The van der Waals surface area contributed by atoms with Crippen LogP contribution in [0.4, 0.5) is 4.39 Å². The number of benzene rings is 3. The van der Waals surface area contributed by atoms with Crippen LogP contribution < -0.4 is 0 Å². The van der Waals surface area contributed by atoms with E-state index in [1.807, 2.05) is 24.3 Å². The molecule has 0 bridgehead atoms. The molecule has 0 N–H and O–H groups in total. The molecule has 0 aromatic heterocycles. The van der Waals surface area contributed by atoms with Gasteiger partial charge in [-0.1, -0.05) is 99.4 Å². The minimum absolute atomic E-state index is 0.166. The van der Waals surface area contributed by atoms with E-state index in [1.54, 1.807) is 24.3 Å². The van der Waals surface area contributed by atoms with Crippen molar-refractivity contribution in [1.29, 1.82) is 5.26 Å². The van der Waals surface area contributed by atoms with Crippen molar-refractivity contribution in [3.8, 4) is 6.07 Å². The van der Waals surface area contributed by atoms with Gasteiger partial charge in [0.2, 0.25) is 0 Å². The summed E-state index contributed by atoms with van der Waals surface area (Å²) in [7, 11) is 0. The van der Waals surface area contributed by atoms with Crippen LogP contribution in [0.3, 0.4) is 0 Å². The number of hydrogen-bond acceptors (Lipinski definition) is 1. The summed E-state index contributed by atoms with van der Waals surface area (Å²) < 4.78 is 14.7. The molecule has 0 heterocycles. The summed E-state index contributed by atoms with van der Waals surface area (Å²) >= 11 is 0. The van der Waals surface area contributed by atoms with E-state index in [4.69, 9.17) is 5.26 Å². The standard InChI is InChI=1S/C32H34FN/c1-24(30-5-3-2-4-6-30)21-27-12-7-25(8-13-27)9-14-28-18-20-31(32(33)22-28)19-17-26-10-15-29(23-34)16-11-26/h2-6,10-11,15-20,22,24-25,27H,7-9,12-14,21H2,1H3/t24-,25?,27?/m0/s1. The zero-order chi connectivity index (χ0) is 23.8. The Balaban J connectivity index is 1.23. The minimum atomic E-state index is -0.166. The molecule has 1 aliphatic rings. The molecule has 1 saturated carbocycles. The molecule has 0 unspecified atom stereocenters. The first-order valence-corrected chi connectivity index (χ1v) is 12.6. The predicted octanol–water partition coefficient (Wildman–Crippen LogP) is 8.80. The van der Waals surface area contributed by atoms with E-state index in [0.717, 1.165) is 35.8 Å². The fourth-order valence-corrected chi connectivity index (χ4v) is 5.26. The van der Waals surface area contributed by atoms with Gasteiger partial charge in [0.15, 0.2) is 0 Å². The first-order chi connectivity index (χ1) is 16.6. The lowest BCUT2D eigenvalue weighted by Crippen LogP contribution is -2.17. The Morgan fingerprint density at radius 3 is 2.29 bits per heavy atom. The van der Waals surface area contributed by atoms with E-state index in [1.165, 1.54) is 37.7 Å². The maximum absolute atomic E-state index is 14.7. The molecule has 3 aromatic carbocycles. The van der Waals surface area contributed by atoms with Gasteiger partial charge in [0.25, 0.3) is 0 Å². The quantitative estimate of drug-likeness (QED) is 0.314. The molecule has 174 valence electrons. The van der Waals surface area contributed by atoms with Crippen LogP contribution in [0.25, 0.3) is 12.2 Å². The summed E-state index contributed by atoms with van der Waals surface area (Å²) in [6.45, 7) is 2.36. The molecular weight excluding hydrogens is 417 g/mol. The molecule has 1 fully saturated rings. The van der Waals surface area contributed by atoms with Crippen molar-refractivity contribution < 1.29 is 4.39 Å². The fourth-order valence-electron chi connectivity index (χ4n) is 5.26. The second kappa shape index (κ2) is 11.8. The van der Waals surface area contributed by atoms with Crippen LogP contribution >= 0.6 is 0 Å². The second-order valence-electron chi connectivity index (χ2n) is 9.90. The number of halogens is 1. The zero-order valence-electron chi connectivity index (χ0n) is 20.1. The first-order valence-electron chi connectivity index (χ1n) is 12.6. The van der Waals surface area contributed by atoms with Crippen molar-refractivity contribution >= 4 is 12.2 Å². The molecule has 0 spiro atoms. The average Bonchev–Trinajstić information content (AvgIpc) is 2.88. The summed E-state index contributed by atoms with van der Waals surface area (Å²) in [5, 5.41) is 8.89. The highest BCUT2D eigenvalue weighted by atomic mass is 19.1. The van der Waals surface area contributed by atoms with Crippen LogP contribution in [-0.2, 0) is 6.42 Å². The fraction of sp³-hybridized carbons (Fsp3) is 0.344. The van der Waals surface area contributed by atoms with Gasteiger partial charge in [-0.2, -0.15) is 5.26 Å². The Morgan fingerprint density at radius 1 is 0.912 bits per heavy atom. The van der Waals surface area contributed by atoms with Gasteiger partial charge in [-0.05, 0) is 71.9 Å². The van der Waals surface area contributed by atoms with Crippen molar-refractivity contribution in [2.75, 3.05) is 0 Å². The molecule has 1 atom stereocenters. The van der Waals surface area contributed by atoms with Gasteiger partial charge >= 0.3 is 0 Å². The largest absolute Gasteiger partial charge is 0.206 e. The lowest BCUT2D eigenvalue weighted by atomic mass is 9.75. The van der Waals surface area contributed by atoms with Crippen molar-refractivity contribution in [2.45, 2.75) is 57.8 Å². The third-order valence-electron chi connectivity index (χ3n) is 7.42. The summed E-state index contributed by atoms with van der Waals surface area (Å²) in [5.41, 5.74) is 4.73. The Labute approximate surface area is 204 Å². The van der Waals surface area contributed by atoms with E-state index in [-0.39, 0.29) is 5.82 Å². The number of hydrogen-bond donors (Lipinski definition) is 0. The van der Waals surface area contributed by atoms with Crippen LogP contribution in [0.5, 0.6) is 0 Å². The molecule has 0 radical (unpaired) electrons. The van der Waals surface area contributed by atoms with Crippen LogP contribution in [0, 0.1) is 29.0 Å². The van der Waals surface area contributed by atoms with Crippen molar-refractivity contribution in [3.05, 3.63) is 106 Å². The van der Waals surface area contributed by atoms with Crippen molar-refractivity contribution in [1.82, 2.24) is 0 Å². The van der Waals surface area contributed by atoms with Gasteiger partial charge in [-0.25, -0.2) is 4.39 Å². The highest BCUT2D eigenvalue weighted by Gasteiger charge is 2.23. The maximum Gasteiger partial charge on any atom is 0.130 e. The predicted molar refractivity (Wildman–Crippen MR) is 140 cm³/mol. The van der Waals surface area contributed by atoms with E-state index in [2.05, 4.69) is 49.4 Å². The summed E-state index contributed by atoms with van der Waals surface area (Å²) in [4.78, 5) is 0. The minimum Gasteiger partial charge on any atom is -0.206 e. The highest BCUT2D eigenvalue weighted by molar-refractivity contribution is 5.70. The van der Waals surface area contributed by atoms with Gasteiger partial charge in [-0.15, -0.1) is 0 Å². The lowest BCUT2D eigenvalue weighted by Gasteiger charge is -2.30. The summed E-state index contributed by atoms with van der Waals surface area (Å²) in [6, 6.07) is 25.9. The molecule has 0 aliphatic heterocycles. The molecule has 34 heavy (non-hydrogen) atoms. The van der Waals surface area contributed by atoms with Gasteiger partial charge in [0.1, 0.15) is 5.82 Å². The maximum atomic E-state index is 14.7. The molecule has 0 saturated heterocycles. The SMILES string of the molecule is C[C@@H](CC1CCC(CCc2ccc(C=Cc3ccc(C#N)cc3)c(F)c2)CC1)c1ccccc1. The monoisotopic (exact) mass is 451 g/mol. The van der Waals surface area contributed by atoms with Crippen LogP contribution in [-0.4, -0.2) is 0 Å². The first kappa shape index (κ1) is 24.0. The normalized spacial score (nSPS) is 19.1. The number of aryl methyl sites for hydroxylation is 1. The third kappa shape index (κ3) is 6.67. The van der Waals surface area contributed by atoms with E-state index in [9.17, 15) is 4.39 Å². The second-order valence-corrected chi connectivity index (χ2v) is 9.90. The van der Waals surface area contributed by atoms with E-state index < -0.39 is 0 Å². The van der Waals surface area contributed by atoms with Crippen LogP contribution in [0.15, 0.2) is 72.8 Å². The molecule has 3 aromatic rings. The topological polar surface area (TPSA) is 23.8 Å². The molecular formula is C32H34FN. The molecule has 1 nitrogen and oxygen atoms in total. The number of nitriles is 1. The Hall–Kier alpha value is -3.18. The molecule has 2 heteroatoms. The Kier molecular flexibility index (Phi) is 8.31. The van der Waals surface area contributed by atoms with Crippen LogP contribution in [0.2, 0.25) is 0 Å². The Bertz CT molecular complexity index is 1120. The molecule has 0 amide bonds. The average molecular weight is 452 g/mol. The van der Waals surface area contributed by atoms with Gasteiger partial charge in [-0.3, -0.25) is 0 Å². The molecule has 4 rings (SSSR count). The van der Waals surface area contributed by atoms with Crippen molar-refractivity contribution in [2.24, 2.45) is 11.8 Å². The Morgan fingerprint density at radius 2 is 1.62 bits per heavy atom. The zero-order valence-corrected chi connectivity index (χ0v) is 20.1. The van der Waals surface area contributed by atoms with Crippen molar-refractivity contribution in [3.63, 3.8) is 0 Å². The number of nitrogens with zero attached hydrogens (tertiary/aromatic N) is 1. The summed E-state index contributed by atoms with van der Waals surface area (Å²) in [5.74, 6) is 2.07.